The molecule has 1 N–H and O–H groups in total. The first kappa shape index (κ1) is 18.5. The van der Waals surface area contributed by atoms with E-state index in [2.05, 4.69) is 5.32 Å². The van der Waals surface area contributed by atoms with Gasteiger partial charge in [0.15, 0.2) is 0 Å². The van der Waals surface area contributed by atoms with Crippen LogP contribution in [0, 0.1) is 12.8 Å². The van der Waals surface area contributed by atoms with Gasteiger partial charge >= 0.3 is 0 Å². The molecule has 5 heteroatoms. The van der Waals surface area contributed by atoms with Crippen molar-refractivity contribution in [2.24, 2.45) is 5.92 Å². The number of carbonyl (C=O) groups is 2. The van der Waals surface area contributed by atoms with E-state index in [0.717, 1.165) is 29.7 Å². The highest BCUT2D eigenvalue weighted by Gasteiger charge is 2.42. The van der Waals surface area contributed by atoms with Gasteiger partial charge in [0.1, 0.15) is 5.75 Å². The van der Waals surface area contributed by atoms with Crippen LogP contribution in [0.3, 0.4) is 0 Å². The third-order valence-electron chi connectivity index (χ3n) is 5.79. The fourth-order valence-electron chi connectivity index (χ4n) is 3.94. The second kappa shape index (κ2) is 7.66. The molecule has 1 aliphatic carbocycles. The number of nitrogens with zero attached hydrogens (tertiary/aromatic N) is 1. The highest BCUT2D eigenvalue weighted by atomic mass is 16.5. The van der Waals surface area contributed by atoms with Crippen LogP contribution in [0.5, 0.6) is 5.75 Å². The van der Waals surface area contributed by atoms with Gasteiger partial charge in [0.05, 0.1) is 13.0 Å². The fourth-order valence-corrected chi connectivity index (χ4v) is 3.94. The van der Waals surface area contributed by atoms with Gasteiger partial charge in [-0.15, -0.1) is 0 Å². The molecule has 1 aliphatic heterocycles. The molecule has 0 unspecified atom stereocenters. The number of hydrogen-bond donors (Lipinski definition) is 1. The van der Waals surface area contributed by atoms with Crippen molar-refractivity contribution in [3.05, 3.63) is 65.2 Å². The lowest BCUT2D eigenvalue weighted by Gasteiger charge is -2.18. The van der Waals surface area contributed by atoms with Crippen molar-refractivity contribution in [1.29, 1.82) is 0 Å². The first-order chi connectivity index (χ1) is 13.6. The van der Waals surface area contributed by atoms with E-state index in [0.29, 0.717) is 24.7 Å². The van der Waals surface area contributed by atoms with Gasteiger partial charge in [-0.1, -0.05) is 30.3 Å². The molecular weight excluding hydrogens is 352 g/mol. The summed E-state index contributed by atoms with van der Waals surface area (Å²) < 4.78 is 5.25. The zero-order chi connectivity index (χ0) is 19.7. The third-order valence-corrected chi connectivity index (χ3v) is 5.79. The second-order valence-electron chi connectivity index (χ2n) is 7.79. The Morgan fingerprint density at radius 1 is 1.04 bits per heavy atom. The van der Waals surface area contributed by atoms with Gasteiger partial charge < -0.3 is 15.0 Å². The van der Waals surface area contributed by atoms with Gasteiger partial charge in [-0.25, -0.2) is 0 Å². The van der Waals surface area contributed by atoms with Gasteiger partial charge in [-0.2, -0.15) is 0 Å². The number of nitrogens with one attached hydrogen (secondary N) is 1. The van der Waals surface area contributed by atoms with Gasteiger partial charge in [0.25, 0.3) is 5.91 Å². The first-order valence-corrected chi connectivity index (χ1v) is 9.86. The maximum Gasteiger partial charge on any atom is 0.254 e. The smallest absolute Gasteiger partial charge is 0.254 e. The minimum absolute atomic E-state index is 0.00154. The average Bonchev–Trinajstić information content (AvgIpc) is 3.41. The van der Waals surface area contributed by atoms with Crippen LogP contribution in [0.2, 0.25) is 0 Å². The second-order valence-corrected chi connectivity index (χ2v) is 7.79. The Kier molecular flexibility index (Phi) is 5.07. The number of carbonyl (C=O) groups excluding carboxylic acids is 2. The molecule has 1 saturated heterocycles. The van der Waals surface area contributed by atoms with Crippen molar-refractivity contribution in [3.8, 4) is 5.75 Å². The predicted octanol–water partition coefficient (Wildman–Crippen LogP) is 3.14. The van der Waals surface area contributed by atoms with Gasteiger partial charge in [-0.05, 0) is 49.1 Å². The number of amides is 2. The van der Waals surface area contributed by atoms with Crippen molar-refractivity contribution in [2.75, 3.05) is 20.2 Å². The van der Waals surface area contributed by atoms with Gasteiger partial charge in [0.2, 0.25) is 5.91 Å². The van der Waals surface area contributed by atoms with Gasteiger partial charge in [-0.3, -0.25) is 9.59 Å². The van der Waals surface area contributed by atoms with E-state index in [1.165, 1.54) is 0 Å². The SMILES string of the molecule is COc1ccc([C@H]2CN(C(=O)c3ccccc3C)C[C@H]2C(=O)NC2CC2)cc1. The molecule has 0 aromatic heterocycles. The summed E-state index contributed by atoms with van der Waals surface area (Å²) in [6.07, 6.45) is 2.11. The summed E-state index contributed by atoms with van der Waals surface area (Å²) in [7, 11) is 1.64. The predicted molar refractivity (Wildman–Crippen MR) is 107 cm³/mol. The minimum atomic E-state index is -0.234. The quantitative estimate of drug-likeness (QED) is 0.870. The summed E-state index contributed by atoms with van der Waals surface area (Å²) in [6.45, 7) is 2.94. The lowest BCUT2D eigenvalue weighted by atomic mass is 9.88. The van der Waals surface area contributed by atoms with Crippen molar-refractivity contribution >= 4 is 11.8 Å². The number of likely N-dealkylation sites (tertiary alicyclic amines) is 1. The molecule has 5 nitrogen and oxygen atoms in total. The van der Waals surface area contributed by atoms with Crippen LogP contribution < -0.4 is 10.1 Å². The molecule has 1 saturated carbocycles. The summed E-state index contributed by atoms with van der Waals surface area (Å²) in [5.41, 5.74) is 2.73. The highest BCUT2D eigenvalue weighted by Crippen LogP contribution is 2.35. The first-order valence-electron chi connectivity index (χ1n) is 9.86. The standard InChI is InChI=1S/C23H26N2O3/c1-15-5-3-4-6-19(15)23(27)25-13-20(16-7-11-18(28-2)12-8-16)21(14-25)22(26)24-17-9-10-17/h3-8,11-12,17,20-21H,9-10,13-14H2,1-2H3,(H,24,26)/t20-,21-/m1/s1. The molecule has 4 rings (SSSR count). The number of rotatable bonds is 5. The Labute approximate surface area is 165 Å². The highest BCUT2D eigenvalue weighted by molar-refractivity contribution is 5.96. The summed E-state index contributed by atoms with van der Waals surface area (Å²) in [5.74, 6) is 0.592. The van der Waals surface area contributed by atoms with Crippen molar-refractivity contribution < 1.29 is 14.3 Å². The Morgan fingerprint density at radius 2 is 1.75 bits per heavy atom. The number of methoxy groups -OCH3 is 1. The summed E-state index contributed by atoms with van der Waals surface area (Å²) >= 11 is 0. The molecule has 146 valence electrons. The molecule has 0 spiro atoms. The Balaban J connectivity index is 1.59. The average molecular weight is 378 g/mol. The lowest BCUT2D eigenvalue weighted by Crippen LogP contribution is -2.36. The van der Waals surface area contributed by atoms with Crippen molar-refractivity contribution in [2.45, 2.75) is 31.7 Å². The molecule has 2 aromatic carbocycles. The molecular formula is C23H26N2O3. The fraction of sp³-hybridized carbons (Fsp3) is 0.391. The van der Waals surface area contributed by atoms with Crippen molar-refractivity contribution in [3.63, 3.8) is 0 Å². The van der Waals surface area contributed by atoms with E-state index in [1.54, 1.807) is 7.11 Å². The largest absolute Gasteiger partial charge is 0.497 e. The maximum absolute atomic E-state index is 13.1. The summed E-state index contributed by atoms with van der Waals surface area (Å²) in [4.78, 5) is 27.9. The Hall–Kier alpha value is -2.82. The normalized spacial score (nSPS) is 21.4. The molecule has 28 heavy (non-hydrogen) atoms. The number of benzene rings is 2. The number of aryl methyl sites for hydroxylation is 1. The maximum atomic E-state index is 13.1. The molecule has 2 aliphatic rings. The Bertz CT molecular complexity index is 874. The zero-order valence-electron chi connectivity index (χ0n) is 16.4. The summed E-state index contributed by atoms with van der Waals surface area (Å²) in [6, 6.07) is 15.8. The van der Waals surface area contributed by atoms with Crippen molar-refractivity contribution in [1.82, 2.24) is 10.2 Å². The monoisotopic (exact) mass is 378 g/mol. The molecule has 2 atom stereocenters. The molecule has 2 amide bonds. The topological polar surface area (TPSA) is 58.6 Å². The van der Waals surface area contributed by atoms with Crippen LogP contribution in [-0.4, -0.2) is 43.0 Å². The van der Waals surface area contributed by atoms with E-state index in [9.17, 15) is 9.59 Å². The zero-order valence-corrected chi connectivity index (χ0v) is 16.4. The van der Waals surface area contributed by atoms with Crippen LogP contribution in [-0.2, 0) is 4.79 Å². The Morgan fingerprint density at radius 3 is 2.39 bits per heavy atom. The molecule has 0 radical (unpaired) electrons. The summed E-state index contributed by atoms with van der Waals surface area (Å²) in [5, 5.41) is 3.13. The van der Waals surface area contributed by atoms with Crippen LogP contribution >= 0.6 is 0 Å². The van der Waals surface area contributed by atoms with E-state index < -0.39 is 0 Å². The minimum Gasteiger partial charge on any atom is -0.497 e. The number of hydrogen-bond acceptors (Lipinski definition) is 3. The van der Waals surface area contributed by atoms with E-state index in [-0.39, 0.29) is 23.7 Å². The molecule has 1 heterocycles. The molecule has 0 bridgehead atoms. The van der Waals surface area contributed by atoms with Crippen LogP contribution in [0.25, 0.3) is 0 Å². The lowest BCUT2D eigenvalue weighted by molar-refractivity contribution is -0.125. The van der Waals surface area contributed by atoms with Crippen LogP contribution in [0.1, 0.15) is 40.2 Å². The van der Waals surface area contributed by atoms with E-state index >= 15 is 0 Å². The third kappa shape index (κ3) is 3.75. The van der Waals surface area contributed by atoms with E-state index in [4.69, 9.17) is 4.74 Å². The molecule has 2 aromatic rings. The number of ether oxygens (including phenoxy) is 1. The molecule has 2 fully saturated rings. The van der Waals surface area contributed by atoms with Crippen LogP contribution in [0.15, 0.2) is 48.5 Å². The van der Waals surface area contributed by atoms with Crippen LogP contribution in [0.4, 0.5) is 0 Å². The van der Waals surface area contributed by atoms with Gasteiger partial charge in [0, 0.05) is 30.6 Å². The van der Waals surface area contributed by atoms with E-state index in [1.807, 2.05) is 60.4 Å².